The fourth-order valence-electron chi connectivity index (χ4n) is 3.85. The molecule has 2 amide bonds. The number of piperidine rings is 1. The molecule has 2 aliphatic rings. The van der Waals surface area contributed by atoms with E-state index >= 15 is 0 Å². The van der Waals surface area contributed by atoms with Gasteiger partial charge in [-0.15, -0.1) is 0 Å². The maximum Gasteiger partial charge on any atom is 0.266 e. The molecule has 1 atom stereocenters. The smallest absolute Gasteiger partial charge is 0.266 e. The zero-order valence-corrected chi connectivity index (χ0v) is 15.3. The number of carbonyl (C=O) groups excluding carboxylic acids is 2. The van der Waals surface area contributed by atoms with E-state index < -0.39 is 6.10 Å². The van der Waals surface area contributed by atoms with E-state index in [1.807, 2.05) is 23.1 Å². The van der Waals surface area contributed by atoms with Crippen LogP contribution in [0.1, 0.15) is 24.8 Å². The van der Waals surface area contributed by atoms with Crippen molar-refractivity contribution >= 4 is 17.5 Å². The Morgan fingerprint density at radius 1 is 1.04 bits per heavy atom. The Morgan fingerprint density at radius 2 is 1.74 bits per heavy atom. The van der Waals surface area contributed by atoms with Crippen molar-refractivity contribution in [2.75, 3.05) is 18.4 Å². The van der Waals surface area contributed by atoms with Crippen LogP contribution in [0.25, 0.3) is 0 Å². The molecule has 0 unspecified atom stereocenters. The molecule has 27 heavy (non-hydrogen) atoms. The summed E-state index contributed by atoms with van der Waals surface area (Å²) < 4.78 is 5.75. The molecule has 140 valence electrons. The molecule has 1 N–H and O–H groups in total. The minimum Gasteiger partial charge on any atom is -0.478 e. The van der Waals surface area contributed by atoms with Gasteiger partial charge in [0.1, 0.15) is 5.75 Å². The number of hydrogen-bond donors (Lipinski definition) is 1. The Balaban J connectivity index is 1.29. The lowest BCUT2D eigenvalue weighted by Gasteiger charge is -2.33. The van der Waals surface area contributed by atoms with Crippen molar-refractivity contribution in [1.29, 1.82) is 0 Å². The third-order valence-corrected chi connectivity index (χ3v) is 5.40. The Hall–Kier alpha value is -2.82. The van der Waals surface area contributed by atoms with Crippen molar-refractivity contribution in [2.24, 2.45) is 5.92 Å². The van der Waals surface area contributed by atoms with Crippen molar-refractivity contribution in [2.45, 2.75) is 31.8 Å². The predicted molar refractivity (Wildman–Crippen MR) is 104 cm³/mol. The summed E-state index contributed by atoms with van der Waals surface area (Å²) in [7, 11) is 0. The van der Waals surface area contributed by atoms with Crippen LogP contribution < -0.4 is 10.1 Å². The summed E-state index contributed by atoms with van der Waals surface area (Å²) >= 11 is 0. The first-order valence-electron chi connectivity index (χ1n) is 9.57. The number of carbonyl (C=O) groups is 2. The van der Waals surface area contributed by atoms with Crippen molar-refractivity contribution in [1.82, 2.24) is 4.90 Å². The molecule has 0 spiro atoms. The lowest BCUT2D eigenvalue weighted by molar-refractivity contribution is -0.138. The minimum atomic E-state index is -0.755. The molecule has 2 aromatic carbocycles. The first kappa shape index (κ1) is 17.6. The van der Waals surface area contributed by atoms with Gasteiger partial charge in [0.15, 0.2) is 6.10 Å². The molecular formula is C22H24N2O3. The van der Waals surface area contributed by atoms with E-state index in [-0.39, 0.29) is 18.2 Å². The average Bonchev–Trinajstić information content (AvgIpc) is 2.70. The topological polar surface area (TPSA) is 58.6 Å². The number of anilines is 1. The standard InChI is InChI=1S/C22H24N2O3/c25-21(15-20-22(26)23-18-8-4-5-9-19(18)27-20)24-12-10-17(11-13-24)14-16-6-2-1-3-7-16/h1-9,17,20H,10-15H2,(H,23,26)/t20-/m1/s1. The van der Waals surface area contributed by atoms with Crippen LogP contribution in [-0.4, -0.2) is 35.9 Å². The number of hydrogen-bond acceptors (Lipinski definition) is 3. The fourth-order valence-corrected chi connectivity index (χ4v) is 3.85. The number of ether oxygens (including phenoxy) is 1. The number of benzene rings is 2. The van der Waals surface area contributed by atoms with E-state index in [2.05, 4.69) is 29.6 Å². The van der Waals surface area contributed by atoms with E-state index in [1.165, 1.54) is 5.56 Å². The molecule has 0 aromatic heterocycles. The molecule has 0 radical (unpaired) electrons. The molecule has 5 heteroatoms. The molecule has 2 aliphatic heterocycles. The number of nitrogens with one attached hydrogen (secondary N) is 1. The van der Waals surface area contributed by atoms with Gasteiger partial charge in [-0.3, -0.25) is 9.59 Å². The van der Waals surface area contributed by atoms with E-state index in [0.717, 1.165) is 32.4 Å². The third kappa shape index (κ3) is 4.13. The molecule has 0 saturated carbocycles. The number of rotatable bonds is 4. The molecule has 5 nitrogen and oxygen atoms in total. The SMILES string of the molecule is O=C1Nc2ccccc2O[C@@H]1CC(=O)N1CCC(Cc2ccccc2)CC1. The molecule has 2 heterocycles. The van der Waals surface area contributed by atoms with Crippen LogP contribution in [0.4, 0.5) is 5.69 Å². The minimum absolute atomic E-state index is 0.00677. The van der Waals surface area contributed by atoms with Gasteiger partial charge in [-0.05, 0) is 42.9 Å². The van der Waals surface area contributed by atoms with Gasteiger partial charge in [-0.25, -0.2) is 0 Å². The molecule has 2 aromatic rings. The van der Waals surface area contributed by atoms with Crippen molar-refractivity contribution in [3.8, 4) is 5.75 Å². The first-order chi connectivity index (χ1) is 13.2. The summed E-state index contributed by atoms with van der Waals surface area (Å²) in [4.78, 5) is 26.8. The fraction of sp³-hybridized carbons (Fsp3) is 0.364. The summed E-state index contributed by atoms with van der Waals surface area (Å²) in [5.41, 5.74) is 2.01. The number of amides is 2. The summed E-state index contributed by atoms with van der Waals surface area (Å²) in [6.07, 6.45) is 2.40. The number of fused-ring (bicyclic) bond motifs is 1. The lowest BCUT2D eigenvalue weighted by Crippen LogP contribution is -2.44. The van der Waals surface area contributed by atoms with Gasteiger partial charge in [0.25, 0.3) is 5.91 Å². The van der Waals surface area contributed by atoms with Crippen LogP contribution in [0, 0.1) is 5.92 Å². The monoisotopic (exact) mass is 364 g/mol. The van der Waals surface area contributed by atoms with Crippen LogP contribution >= 0.6 is 0 Å². The Kier molecular flexibility index (Phi) is 5.10. The van der Waals surface area contributed by atoms with Crippen LogP contribution in [0.3, 0.4) is 0 Å². The second-order valence-corrected chi connectivity index (χ2v) is 7.31. The highest BCUT2D eigenvalue weighted by Crippen LogP contribution is 2.30. The van der Waals surface area contributed by atoms with E-state index in [9.17, 15) is 9.59 Å². The van der Waals surface area contributed by atoms with Crippen molar-refractivity contribution in [3.05, 3.63) is 60.2 Å². The van der Waals surface area contributed by atoms with Crippen molar-refractivity contribution in [3.63, 3.8) is 0 Å². The third-order valence-electron chi connectivity index (χ3n) is 5.40. The highest BCUT2D eigenvalue weighted by molar-refractivity contribution is 5.99. The van der Waals surface area contributed by atoms with E-state index in [0.29, 0.717) is 17.4 Å². The molecular weight excluding hydrogens is 340 g/mol. The van der Waals surface area contributed by atoms with Gasteiger partial charge in [0.05, 0.1) is 12.1 Å². The maximum absolute atomic E-state index is 12.7. The van der Waals surface area contributed by atoms with Gasteiger partial charge in [-0.2, -0.15) is 0 Å². The second kappa shape index (κ2) is 7.82. The van der Waals surface area contributed by atoms with Gasteiger partial charge in [0, 0.05) is 13.1 Å². The van der Waals surface area contributed by atoms with Gasteiger partial charge in [-0.1, -0.05) is 42.5 Å². The zero-order chi connectivity index (χ0) is 18.6. The van der Waals surface area contributed by atoms with Crippen molar-refractivity contribution < 1.29 is 14.3 Å². The Bertz CT molecular complexity index is 813. The Labute approximate surface area is 159 Å². The number of likely N-dealkylation sites (tertiary alicyclic amines) is 1. The molecule has 0 aliphatic carbocycles. The van der Waals surface area contributed by atoms with Crippen LogP contribution in [0.15, 0.2) is 54.6 Å². The quantitative estimate of drug-likeness (QED) is 0.906. The molecule has 1 saturated heterocycles. The Morgan fingerprint density at radius 3 is 2.52 bits per heavy atom. The molecule has 4 rings (SSSR count). The largest absolute Gasteiger partial charge is 0.478 e. The van der Waals surface area contributed by atoms with Crippen LogP contribution in [0.5, 0.6) is 5.75 Å². The number of nitrogens with zero attached hydrogens (tertiary/aromatic N) is 1. The average molecular weight is 364 g/mol. The van der Waals surface area contributed by atoms with Gasteiger partial charge in [0.2, 0.25) is 5.91 Å². The molecule has 1 fully saturated rings. The number of para-hydroxylation sites is 2. The molecule has 0 bridgehead atoms. The van der Waals surface area contributed by atoms with Crippen LogP contribution in [-0.2, 0) is 16.0 Å². The summed E-state index contributed by atoms with van der Waals surface area (Å²) in [5, 5.41) is 2.82. The van der Waals surface area contributed by atoms with E-state index in [1.54, 1.807) is 12.1 Å². The first-order valence-corrected chi connectivity index (χ1v) is 9.57. The van der Waals surface area contributed by atoms with E-state index in [4.69, 9.17) is 4.74 Å². The lowest BCUT2D eigenvalue weighted by atomic mass is 9.90. The normalized spacial score (nSPS) is 19.8. The highest BCUT2D eigenvalue weighted by Gasteiger charge is 2.32. The predicted octanol–water partition coefficient (Wildman–Crippen LogP) is 3.26. The summed E-state index contributed by atoms with van der Waals surface area (Å²) in [5.74, 6) is 0.975. The second-order valence-electron chi connectivity index (χ2n) is 7.31. The van der Waals surface area contributed by atoms with Gasteiger partial charge >= 0.3 is 0 Å². The maximum atomic E-state index is 12.7. The zero-order valence-electron chi connectivity index (χ0n) is 15.3. The van der Waals surface area contributed by atoms with Gasteiger partial charge < -0.3 is 15.0 Å². The summed E-state index contributed by atoms with van der Waals surface area (Å²) in [6, 6.07) is 17.8. The van der Waals surface area contributed by atoms with Crippen LogP contribution in [0.2, 0.25) is 0 Å². The highest BCUT2D eigenvalue weighted by atomic mass is 16.5. The summed E-state index contributed by atoms with van der Waals surface area (Å²) in [6.45, 7) is 1.50.